The Kier molecular flexibility index (Phi) is 2.81. The van der Waals surface area contributed by atoms with Crippen molar-refractivity contribution in [3.63, 3.8) is 0 Å². The summed E-state index contributed by atoms with van der Waals surface area (Å²) in [6.45, 7) is 0. The zero-order chi connectivity index (χ0) is 11.1. The van der Waals surface area contributed by atoms with Gasteiger partial charge in [-0.3, -0.25) is 0 Å². The summed E-state index contributed by atoms with van der Waals surface area (Å²) >= 11 is 11.4. The van der Waals surface area contributed by atoms with Gasteiger partial charge in [0.15, 0.2) is 0 Å². The van der Waals surface area contributed by atoms with Crippen LogP contribution in [-0.2, 0) is 0 Å². The van der Waals surface area contributed by atoms with Crippen molar-refractivity contribution in [1.82, 2.24) is 9.97 Å². The predicted molar refractivity (Wildman–Crippen MR) is 53.6 cm³/mol. The summed E-state index contributed by atoms with van der Waals surface area (Å²) in [4.78, 5) is 7.84. The molecule has 2 nitrogen and oxygen atoms in total. The Balaban J connectivity index is 2.24. The lowest BCUT2D eigenvalue weighted by Gasteiger charge is -2.09. The molecule has 1 atom stereocenters. The fraction of sp³-hybridized carbons (Fsp3) is 0.556. The van der Waals surface area contributed by atoms with E-state index in [1.807, 2.05) is 0 Å². The lowest BCUT2D eigenvalue weighted by Crippen LogP contribution is -2.10. The number of nitrogens with zero attached hydrogens (tertiary/aromatic N) is 2. The standard InChI is InChI=1S/C9H8Cl2F2N2/c10-6-3-7(11)15-8(14-6)5-1-2-9(12,13)4-5/h3,5H,1-2,4H2. The summed E-state index contributed by atoms with van der Waals surface area (Å²) in [5.41, 5.74) is 0. The first-order valence-corrected chi connectivity index (χ1v) is 5.30. The maximum atomic E-state index is 13.0. The van der Waals surface area contributed by atoms with Crippen LogP contribution in [0.3, 0.4) is 0 Å². The Hall–Kier alpha value is -0.480. The minimum atomic E-state index is -2.61. The highest BCUT2D eigenvalue weighted by Crippen LogP contribution is 2.43. The van der Waals surface area contributed by atoms with E-state index in [1.54, 1.807) is 0 Å². The van der Waals surface area contributed by atoms with E-state index in [0.717, 1.165) is 0 Å². The maximum Gasteiger partial charge on any atom is 0.248 e. The maximum absolute atomic E-state index is 13.0. The molecule has 0 aromatic carbocycles. The van der Waals surface area contributed by atoms with E-state index >= 15 is 0 Å². The summed E-state index contributed by atoms with van der Waals surface area (Å²) in [7, 11) is 0. The number of aromatic nitrogens is 2. The van der Waals surface area contributed by atoms with Gasteiger partial charge in [0.2, 0.25) is 5.92 Å². The van der Waals surface area contributed by atoms with Crippen LogP contribution in [0.2, 0.25) is 10.3 Å². The van der Waals surface area contributed by atoms with Gasteiger partial charge in [0, 0.05) is 24.8 Å². The third-order valence-electron chi connectivity index (χ3n) is 2.45. The van der Waals surface area contributed by atoms with E-state index in [-0.39, 0.29) is 29.1 Å². The molecule has 1 aromatic rings. The molecule has 1 aromatic heterocycles. The fourth-order valence-corrected chi connectivity index (χ4v) is 2.20. The molecular formula is C9H8Cl2F2N2. The Labute approximate surface area is 95.6 Å². The van der Waals surface area contributed by atoms with Crippen LogP contribution in [0.5, 0.6) is 0 Å². The Morgan fingerprint density at radius 2 is 1.87 bits per heavy atom. The van der Waals surface area contributed by atoms with Crippen molar-refractivity contribution in [3.8, 4) is 0 Å². The summed E-state index contributed by atoms with van der Waals surface area (Å²) < 4.78 is 25.9. The van der Waals surface area contributed by atoms with Crippen LogP contribution < -0.4 is 0 Å². The number of hydrogen-bond acceptors (Lipinski definition) is 2. The number of alkyl halides is 2. The normalized spacial score (nSPS) is 24.4. The van der Waals surface area contributed by atoms with Crippen LogP contribution in [0.1, 0.15) is 31.0 Å². The molecule has 0 aliphatic heterocycles. The molecule has 0 bridgehead atoms. The molecule has 1 aliphatic carbocycles. The Bertz CT molecular complexity index is 364. The van der Waals surface area contributed by atoms with Gasteiger partial charge in [0.1, 0.15) is 16.1 Å². The molecule has 0 radical (unpaired) electrons. The largest absolute Gasteiger partial charge is 0.248 e. The van der Waals surface area contributed by atoms with E-state index in [9.17, 15) is 8.78 Å². The van der Waals surface area contributed by atoms with Gasteiger partial charge in [0.25, 0.3) is 0 Å². The second-order valence-corrected chi connectivity index (χ2v) is 4.44. The van der Waals surface area contributed by atoms with E-state index in [0.29, 0.717) is 12.2 Å². The molecule has 15 heavy (non-hydrogen) atoms. The van der Waals surface area contributed by atoms with Crippen molar-refractivity contribution < 1.29 is 8.78 Å². The van der Waals surface area contributed by atoms with Crippen LogP contribution in [0.15, 0.2) is 6.07 Å². The topological polar surface area (TPSA) is 25.8 Å². The second-order valence-electron chi connectivity index (χ2n) is 3.67. The van der Waals surface area contributed by atoms with Crippen molar-refractivity contribution in [3.05, 3.63) is 22.2 Å². The molecule has 1 heterocycles. The Morgan fingerprint density at radius 3 is 2.33 bits per heavy atom. The first-order chi connectivity index (χ1) is 6.96. The van der Waals surface area contributed by atoms with Gasteiger partial charge in [-0.15, -0.1) is 0 Å². The van der Waals surface area contributed by atoms with Crippen molar-refractivity contribution in [1.29, 1.82) is 0 Å². The SMILES string of the molecule is FC1(F)CCC(c2nc(Cl)cc(Cl)n2)C1. The highest BCUT2D eigenvalue weighted by molar-refractivity contribution is 6.33. The second kappa shape index (κ2) is 3.83. The molecule has 0 spiro atoms. The van der Waals surface area contributed by atoms with Gasteiger partial charge in [-0.1, -0.05) is 23.2 Å². The first kappa shape index (κ1) is 11.0. The summed E-state index contributed by atoms with van der Waals surface area (Å²) in [6.07, 6.45) is 0.0402. The van der Waals surface area contributed by atoms with Crippen molar-refractivity contribution in [2.45, 2.75) is 31.1 Å². The zero-order valence-corrected chi connectivity index (χ0v) is 9.19. The third kappa shape index (κ3) is 2.55. The van der Waals surface area contributed by atoms with Crippen molar-refractivity contribution in [2.75, 3.05) is 0 Å². The van der Waals surface area contributed by atoms with Gasteiger partial charge >= 0.3 is 0 Å². The quantitative estimate of drug-likeness (QED) is 0.713. The molecular weight excluding hydrogens is 245 g/mol. The molecule has 1 saturated carbocycles. The Morgan fingerprint density at radius 1 is 1.27 bits per heavy atom. The number of rotatable bonds is 1. The smallest absolute Gasteiger partial charge is 0.221 e. The highest BCUT2D eigenvalue weighted by Gasteiger charge is 2.41. The summed E-state index contributed by atoms with van der Waals surface area (Å²) in [5.74, 6) is -2.62. The molecule has 6 heteroatoms. The van der Waals surface area contributed by atoms with E-state index in [4.69, 9.17) is 23.2 Å². The third-order valence-corrected chi connectivity index (χ3v) is 2.84. The lowest BCUT2D eigenvalue weighted by molar-refractivity contribution is 0.00754. The van der Waals surface area contributed by atoms with Crippen molar-refractivity contribution in [2.24, 2.45) is 0 Å². The average Bonchev–Trinajstić information content (AvgIpc) is 2.44. The van der Waals surface area contributed by atoms with E-state index < -0.39 is 5.92 Å². The molecule has 1 aliphatic rings. The molecule has 1 unspecified atom stereocenters. The van der Waals surface area contributed by atoms with Crippen LogP contribution in [0.25, 0.3) is 0 Å². The minimum Gasteiger partial charge on any atom is -0.221 e. The van der Waals surface area contributed by atoms with E-state index in [1.165, 1.54) is 6.07 Å². The van der Waals surface area contributed by atoms with Gasteiger partial charge in [-0.05, 0) is 6.42 Å². The van der Waals surface area contributed by atoms with E-state index in [2.05, 4.69) is 9.97 Å². The zero-order valence-electron chi connectivity index (χ0n) is 7.68. The monoisotopic (exact) mass is 252 g/mol. The first-order valence-electron chi connectivity index (χ1n) is 4.54. The van der Waals surface area contributed by atoms with Crippen molar-refractivity contribution >= 4 is 23.2 Å². The minimum absolute atomic E-state index is 0.120. The average molecular weight is 253 g/mol. The molecule has 2 rings (SSSR count). The van der Waals surface area contributed by atoms with Crippen LogP contribution in [0.4, 0.5) is 8.78 Å². The molecule has 1 fully saturated rings. The molecule has 0 N–H and O–H groups in total. The lowest BCUT2D eigenvalue weighted by atomic mass is 10.1. The predicted octanol–water partition coefficient (Wildman–Crippen LogP) is 3.69. The molecule has 0 amide bonds. The highest BCUT2D eigenvalue weighted by atomic mass is 35.5. The fourth-order valence-electron chi connectivity index (χ4n) is 1.76. The number of hydrogen-bond donors (Lipinski definition) is 0. The summed E-state index contributed by atoms with van der Waals surface area (Å²) in [6, 6.07) is 1.39. The van der Waals surface area contributed by atoms with Gasteiger partial charge < -0.3 is 0 Å². The van der Waals surface area contributed by atoms with Gasteiger partial charge in [-0.2, -0.15) is 0 Å². The van der Waals surface area contributed by atoms with Crippen LogP contribution in [0, 0.1) is 0 Å². The van der Waals surface area contributed by atoms with Crippen LogP contribution >= 0.6 is 23.2 Å². The van der Waals surface area contributed by atoms with Gasteiger partial charge in [0.05, 0.1) is 0 Å². The van der Waals surface area contributed by atoms with Gasteiger partial charge in [-0.25, -0.2) is 18.7 Å². The molecule has 82 valence electrons. The molecule has 0 saturated heterocycles. The van der Waals surface area contributed by atoms with Crippen LogP contribution in [-0.4, -0.2) is 15.9 Å². The summed E-state index contributed by atoms with van der Waals surface area (Å²) in [5, 5.41) is 0.389. The number of halogens is 4.